The first-order valence-electron chi connectivity index (χ1n) is 8.94. The summed E-state index contributed by atoms with van der Waals surface area (Å²) in [7, 11) is 0. The van der Waals surface area contributed by atoms with Crippen molar-refractivity contribution in [2.75, 3.05) is 13.2 Å². The third kappa shape index (κ3) is 3.87. The predicted octanol–water partition coefficient (Wildman–Crippen LogP) is 2.64. The topological polar surface area (TPSA) is 61.0 Å². The number of fused-ring (bicyclic) bond motifs is 1. The molecular formula is C18H24N6OS. The van der Waals surface area contributed by atoms with Crippen LogP contribution in [-0.2, 0) is 31.0 Å². The Labute approximate surface area is 157 Å². The first-order chi connectivity index (χ1) is 12.7. The lowest BCUT2D eigenvalue weighted by molar-refractivity contribution is 0.0575. The van der Waals surface area contributed by atoms with Gasteiger partial charge in [-0.3, -0.25) is 9.58 Å². The van der Waals surface area contributed by atoms with E-state index in [0.29, 0.717) is 13.2 Å². The molecule has 4 rings (SSSR count). The van der Waals surface area contributed by atoms with Gasteiger partial charge in [0.25, 0.3) is 0 Å². The Morgan fingerprint density at radius 1 is 1.35 bits per heavy atom. The lowest BCUT2D eigenvalue weighted by Gasteiger charge is -2.34. The van der Waals surface area contributed by atoms with Crippen molar-refractivity contribution in [3.05, 3.63) is 52.3 Å². The Kier molecular flexibility index (Phi) is 5.14. The van der Waals surface area contributed by atoms with Crippen molar-refractivity contribution in [3.8, 4) is 0 Å². The third-order valence-electron chi connectivity index (χ3n) is 4.64. The fraction of sp³-hybridized carbons (Fsp3) is 0.500. The Morgan fingerprint density at radius 3 is 3.04 bits per heavy atom. The molecule has 4 heterocycles. The van der Waals surface area contributed by atoms with E-state index >= 15 is 0 Å². The van der Waals surface area contributed by atoms with Crippen LogP contribution in [0.25, 0.3) is 0 Å². The fourth-order valence-corrected chi connectivity index (χ4v) is 4.01. The Balaban J connectivity index is 1.39. The minimum atomic E-state index is 0.266. The third-order valence-corrected chi connectivity index (χ3v) is 5.46. The van der Waals surface area contributed by atoms with E-state index in [1.165, 1.54) is 11.3 Å². The lowest BCUT2D eigenvalue weighted by atomic mass is 10.2. The average Bonchev–Trinajstić information content (AvgIpc) is 3.36. The molecule has 0 aromatic carbocycles. The van der Waals surface area contributed by atoms with Crippen LogP contribution < -0.4 is 0 Å². The van der Waals surface area contributed by atoms with Gasteiger partial charge in [0.05, 0.1) is 48.2 Å². The molecule has 7 nitrogen and oxygen atoms in total. The molecule has 0 unspecified atom stereocenters. The van der Waals surface area contributed by atoms with Crippen LogP contribution in [-0.4, -0.2) is 42.4 Å². The van der Waals surface area contributed by atoms with Crippen molar-refractivity contribution in [2.24, 2.45) is 0 Å². The second-order valence-corrected chi connectivity index (χ2v) is 7.76. The maximum absolute atomic E-state index is 5.97. The zero-order chi connectivity index (χ0) is 17.9. The van der Waals surface area contributed by atoms with Crippen LogP contribution in [0.5, 0.6) is 0 Å². The van der Waals surface area contributed by atoms with Crippen LogP contribution in [0.3, 0.4) is 0 Å². The van der Waals surface area contributed by atoms with E-state index in [1.54, 1.807) is 11.3 Å². The van der Waals surface area contributed by atoms with Gasteiger partial charge in [0.2, 0.25) is 0 Å². The molecule has 3 aromatic rings. The minimum absolute atomic E-state index is 0.266. The van der Waals surface area contributed by atoms with Crippen LogP contribution >= 0.6 is 11.3 Å². The Bertz CT molecular complexity index is 853. The van der Waals surface area contributed by atoms with Gasteiger partial charge < -0.3 is 9.30 Å². The molecule has 1 atom stereocenters. The first kappa shape index (κ1) is 17.4. The molecule has 1 aliphatic rings. The summed E-state index contributed by atoms with van der Waals surface area (Å²) in [5.41, 5.74) is 3.49. The molecule has 0 aliphatic carbocycles. The van der Waals surface area contributed by atoms with Crippen LogP contribution in [0.15, 0.2) is 30.3 Å². The van der Waals surface area contributed by atoms with Crippen LogP contribution in [0, 0.1) is 6.92 Å². The summed E-state index contributed by atoms with van der Waals surface area (Å²) in [6, 6.07) is 0.266. The van der Waals surface area contributed by atoms with Gasteiger partial charge >= 0.3 is 0 Å². The van der Waals surface area contributed by atoms with Gasteiger partial charge in [0.15, 0.2) is 0 Å². The quantitative estimate of drug-likeness (QED) is 0.638. The summed E-state index contributed by atoms with van der Waals surface area (Å²) in [6.07, 6.45) is 7.97. The molecule has 1 aliphatic heterocycles. The van der Waals surface area contributed by atoms with Crippen molar-refractivity contribution in [3.63, 3.8) is 0 Å². The zero-order valence-corrected chi connectivity index (χ0v) is 16.0. The molecule has 138 valence electrons. The summed E-state index contributed by atoms with van der Waals surface area (Å²) in [5, 5.41) is 7.53. The maximum Gasteiger partial charge on any atom is 0.0952 e. The van der Waals surface area contributed by atoms with E-state index in [2.05, 4.69) is 43.0 Å². The van der Waals surface area contributed by atoms with Gasteiger partial charge in [-0.1, -0.05) is 0 Å². The van der Waals surface area contributed by atoms with E-state index in [0.717, 1.165) is 36.9 Å². The molecule has 0 bridgehead atoms. The van der Waals surface area contributed by atoms with Crippen LogP contribution in [0.2, 0.25) is 0 Å². The fourth-order valence-electron chi connectivity index (χ4n) is 3.41. The predicted molar refractivity (Wildman–Crippen MR) is 99.8 cm³/mol. The van der Waals surface area contributed by atoms with E-state index in [1.807, 2.05) is 30.3 Å². The van der Waals surface area contributed by atoms with Crippen molar-refractivity contribution < 1.29 is 4.74 Å². The summed E-state index contributed by atoms with van der Waals surface area (Å²) in [6.45, 7) is 8.99. The smallest absolute Gasteiger partial charge is 0.0952 e. The number of aromatic nitrogens is 5. The number of aryl methyl sites for hydroxylation is 2. The van der Waals surface area contributed by atoms with Gasteiger partial charge in [0, 0.05) is 49.5 Å². The molecule has 0 saturated carbocycles. The normalized spacial score (nSPS) is 17.5. The second-order valence-electron chi connectivity index (χ2n) is 6.69. The lowest BCUT2D eigenvalue weighted by Crippen LogP contribution is -2.38. The van der Waals surface area contributed by atoms with Crippen molar-refractivity contribution in [2.45, 2.75) is 46.1 Å². The van der Waals surface area contributed by atoms with E-state index in [4.69, 9.17) is 4.74 Å². The zero-order valence-electron chi connectivity index (χ0n) is 15.2. The number of imidazole rings is 1. The van der Waals surface area contributed by atoms with Gasteiger partial charge in [-0.15, -0.1) is 11.3 Å². The molecule has 0 fully saturated rings. The molecule has 0 saturated heterocycles. The van der Waals surface area contributed by atoms with E-state index in [9.17, 15) is 0 Å². The second kappa shape index (κ2) is 7.69. The Morgan fingerprint density at radius 2 is 2.27 bits per heavy atom. The molecule has 8 heteroatoms. The number of rotatable bonds is 7. The van der Waals surface area contributed by atoms with Crippen LogP contribution in [0.4, 0.5) is 0 Å². The summed E-state index contributed by atoms with van der Waals surface area (Å²) >= 11 is 1.66. The molecule has 0 N–H and O–H groups in total. The van der Waals surface area contributed by atoms with Gasteiger partial charge in [-0.25, -0.2) is 9.97 Å². The highest BCUT2D eigenvalue weighted by Gasteiger charge is 2.25. The SMILES string of the molecule is CCn1cc(CN2Cc3cncn3[C@@H](COCc3csc(C)n3)C2)cn1. The van der Waals surface area contributed by atoms with E-state index < -0.39 is 0 Å². The summed E-state index contributed by atoms with van der Waals surface area (Å²) in [4.78, 5) is 11.2. The van der Waals surface area contributed by atoms with Gasteiger partial charge in [-0.05, 0) is 13.8 Å². The van der Waals surface area contributed by atoms with E-state index in [-0.39, 0.29) is 6.04 Å². The number of nitrogens with zero attached hydrogens (tertiary/aromatic N) is 6. The van der Waals surface area contributed by atoms with Crippen molar-refractivity contribution >= 4 is 11.3 Å². The number of ether oxygens (including phenoxy) is 1. The highest BCUT2D eigenvalue weighted by Crippen LogP contribution is 2.23. The molecular weight excluding hydrogens is 348 g/mol. The number of thiazole rings is 1. The molecule has 0 radical (unpaired) electrons. The summed E-state index contributed by atoms with van der Waals surface area (Å²) in [5.74, 6) is 0. The largest absolute Gasteiger partial charge is 0.373 e. The number of hydrogen-bond donors (Lipinski definition) is 0. The number of hydrogen-bond acceptors (Lipinski definition) is 6. The van der Waals surface area contributed by atoms with Crippen LogP contribution in [0.1, 0.15) is 34.9 Å². The molecule has 3 aromatic heterocycles. The molecule has 0 spiro atoms. The first-order valence-corrected chi connectivity index (χ1v) is 9.82. The highest BCUT2D eigenvalue weighted by molar-refractivity contribution is 7.09. The highest BCUT2D eigenvalue weighted by atomic mass is 32.1. The van der Waals surface area contributed by atoms with Crippen molar-refractivity contribution in [1.29, 1.82) is 0 Å². The minimum Gasteiger partial charge on any atom is -0.373 e. The molecule has 26 heavy (non-hydrogen) atoms. The average molecular weight is 372 g/mol. The summed E-state index contributed by atoms with van der Waals surface area (Å²) < 4.78 is 10.2. The standard InChI is InChI=1S/C18H24N6OS/c1-3-23-7-15(4-20-23)6-22-8-17-5-19-13-24(17)18(9-22)11-25-10-16-12-26-14(2)21-16/h4-5,7,12-13,18H,3,6,8-11H2,1-2H3/t18-/m1/s1. The maximum atomic E-state index is 5.97. The van der Waals surface area contributed by atoms with Gasteiger partial charge in [-0.2, -0.15) is 5.10 Å². The van der Waals surface area contributed by atoms with Crippen molar-refractivity contribution in [1.82, 2.24) is 29.2 Å². The monoisotopic (exact) mass is 372 g/mol. The molecule has 0 amide bonds. The Hall–Kier alpha value is -2.03. The van der Waals surface area contributed by atoms with Gasteiger partial charge in [0.1, 0.15) is 0 Å².